The third-order valence-corrected chi connectivity index (χ3v) is 7.23. The van der Waals surface area contributed by atoms with Crippen LogP contribution >= 0.6 is 0 Å². The first-order valence-electron chi connectivity index (χ1n) is 10.3. The van der Waals surface area contributed by atoms with Crippen LogP contribution in [-0.2, 0) is 35.4 Å². The summed E-state index contributed by atoms with van der Waals surface area (Å²) < 4.78 is 49.4. The lowest BCUT2D eigenvalue weighted by atomic mass is 10.1. The van der Waals surface area contributed by atoms with Gasteiger partial charge in [0.25, 0.3) is 0 Å². The number of benzene rings is 2. The summed E-state index contributed by atoms with van der Waals surface area (Å²) in [5.74, 6) is -1.34. The third-order valence-electron chi connectivity index (χ3n) is 5.46. The van der Waals surface area contributed by atoms with E-state index < -0.39 is 52.1 Å². The Hall–Kier alpha value is -1.81. The van der Waals surface area contributed by atoms with Crippen LogP contribution in [0.4, 0.5) is 0 Å². The monoisotopic (exact) mass is 448 g/mol. The summed E-state index contributed by atoms with van der Waals surface area (Å²) in [5, 5.41) is 10.9. The lowest BCUT2D eigenvalue weighted by molar-refractivity contribution is -0.229. The molecule has 31 heavy (non-hydrogen) atoms. The zero-order valence-electron chi connectivity index (χ0n) is 17.8. The maximum absolute atomic E-state index is 12.8. The summed E-state index contributed by atoms with van der Waals surface area (Å²) in [6.07, 6.45) is -4.21. The van der Waals surface area contributed by atoms with Gasteiger partial charge in [0.1, 0.15) is 18.3 Å². The molecule has 0 amide bonds. The molecule has 1 N–H and O–H groups in total. The van der Waals surface area contributed by atoms with Crippen LogP contribution in [0.5, 0.6) is 0 Å². The molecule has 8 heteroatoms. The molecule has 168 valence electrons. The van der Waals surface area contributed by atoms with Crippen molar-refractivity contribution < 1.29 is 32.5 Å². The quantitative estimate of drug-likeness (QED) is 0.696. The molecule has 2 fully saturated rings. The Labute approximate surface area is 182 Å². The first-order chi connectivity index (χ1) is 14.6. The summed E-state index contributed by atoms with van der Waals surface area (Å²) in [4.78, 5) is 0.158. The van der Waals surface area contributed by atoms with Gasteiger partial charge in [-0.25, -0.2) is 8.42 Å². The average Bonchev–Trinajstić information content (AvgIpc) is 3.19. The molecule has 4 rings (SSSR count). The van der Waals surface area contributed by atoms with Crippen LogP contribution in [0.2, 0.25) is 0 Å². The molecule has 2 aliphatic heterocycles. The van der Waals surface area contributed by atoms with Crippen LogP contribution in [-0.4, -0.2) is 55.8 Å². The number of hydrogen-bond acceptors (Lipinski definition) is 7. The molecule has 0 aliphatic carbocycles. The molecule has 2 saturated heterocycles. The largest absolute Gasteiger partial charge is 0.389 e. The van der Waals surface area contributed by atoms with Gasteiger partial charge in [-0.05, 0) is 38.5 Å². The van der Waals surface area contributed by atoms with Crippen molar-refractivity contribution in [2.45, 2.75) is 68.8 Å². The summed E-state index contributed by atoms with van der Waals surface area (Å²) in [5.41, 5.74) is 1.90. The van der Waals surface area contributed by atoms with E-state index in [0.717, 1.165) is 11.1 Å². The number of fused-ring (bicyclic) bond motifs is 1. The Balaban J connectivity index is 1.51. The van der Waals surface area contributed by atoms with Crippen molar-refractivity contribution in [1.82, 2.24) is 0 Å². The molecule has 0 spiro atoms. The Bertz CT molecular complexity index is 988. The van der Waals surface area contributed by atoms with Crippen LogP contribution in [0.3, 0.4) is 0 Å². The van der Waals surface area contributed by atoms with E-state index in [4.69, 9.17) is 18.9 Å². The van der Waals surface area contributed by atoms with E-state index in [2.05, 4.69) is 0 Å². The van der Waals surface area contributed by atoms with Crippen molar-refractivity contribution in [3.05, 3.63) is 65.7 Å². The second-order valence-electron chi connectivity index (χ2n) is 8.49. The van der Waals surface area contributed by atoms with E-state index in [1.54, 1.807) is 38.1 Å². The average molecular weight is 449 g/mol. The van der Waals surface area contributed by atoms with Crippen molar-refractivity contribution in [3.8, 4) is 0 Å². The van der Waals surface area contributed by atoms with E-state index in [-0.39, 0.29) is 11.5 Å². The van der Waals surface area contributed by atoms with Gasteiger partial charge in [-0.15, -0.1) is 0 Å². The van der Waals surface area contributed by atoms with Crippen LogP contribution < -0.4 is 0 Å². The lowest BCUT2D eigenvalue weighted by Gasteiger charge is -2.28. The van der Waals surface area contributed by atoms with Gasteiger partial charge >= 0.3 is 0 Å². The normalized spacial score (nSPS) is 28.4. The molecule has 7 nitrogen and oxygen atoms in total. The van der Waals surface area contributed by atoms with Crippen molar-refractivity contribution in [2.75, 3.05) is 5.75 Å². The highest BCUT2D eigenvalue weighted by molar-refractivity contribution is 7.91. The van der Waals surface area contributed by atoms with Crippen molar-refractivity contribution >= 4 is 9.84 Å². The molecule has 2 aliphatic rings. The third kappa shape index (κ3) is 5.00. The molecule has 0 radical (unpaired) electrons. The van der Waals surface area contributed by atoms with Crippen molar-refractivity contribution in [1.29, 1.82) is 0 Å². The molecular weight excluding hydrogens is 420 g/mol. The van der Waals surface area contributed by atoms with E-state index >= 15 is 0 Å². The standard InChI is InChI=1S/C23H28O7S/c1-15-9-11-17(12-10-15)31(25,26)14-18(24)19-20(27-13-16-7-5-4-6-8-16)21-22(28-19)30-23(2,3)29-21/h4-12,18-22,24H,13-14H2,1-3H3/t18-,19+,20+,21+,22+/m0/s1. The molecule has 0 unspecified atom stereocenters. The second-order valence-corrected chi connectivity index (χ2v) is 10.5. The van der Waals surface area contributed by atoms with Gasteiger partial charge in [0.05, 0.1) is 23.4 Å². The minimum Gasteiger partial charge on any atom is -0.389 e. The van der Waals surface area contributed by atoms with E-state index in [1.165, 1.54) is 0 Å². The van der Waals surface area contributed by atoms with Crippen molar-refractivity contribution in [2.24, 2.45) is 0 Å². The molecule has 0 bridgehead atoms. The summed E-state index contributed by atoms with van der Waals surface area (Å²) in [6.45, 7) is 5.70. The fourth-order valence-electron chi connectivity index (χ4n) is 3.93. The number of aliphatic hydroxyl groups excluding tert-OH is 1. The van der Waals surface area contributed by atoms with Gasteiger partial charge in [0, 0.05) is 0 Å². The Morgan fingerprint density at radius 3 is 2.42 bits per heavy atom. The van der Waals surface area contributed by atoms with E-state index in [0.29, 0.717) is 0 Å². The molecule has 2 aromatic rings. The second kappa shape index (κ2) is 8.61. The minimum absolute atomic E-state index is 0.158. The van der Waals surface area contributed by atoms with Gasteiger partial charge in [-0.2, -0.15) is 0 Å². The summed E-state index contributed by atoms with van der Waals surface area (Å²) >= 11 is 0. The number of rotatable bonds is 7. The number of ether oxygens (including phenoxy) is 4. The first kappa shape index (κ1) is 22.4. The van der Waals surface area contributed by atoms with Crippen LogP contribution in [0.25, 0.3) is 0 Å². The van der Waals surface area contributed by atoms with E-state index in [1.807, 2.05) is 37.3 Å². The Morgan fingerprint density at radius 1 is 1.06 bits per heavy atom. The van der Waals surface area contributed by atoms with Gasteiger partial charge in [-0.3, -0.25) is 0 Å². The SMILES string of the molecule is Cc1ccc(S(=O)(=O)C[C@H](O)[C@H]2O[C@@H]3OC(C)(C)O[C@@H]3[C@@H]2OCc2ccccc2)cc1. The predicted molar refractivity (Wildman–Crippen MR) is 113 cm³/mol. The van der Waals surface area contributed by atoms with E-state index in [9.17, 15) is 13.5 Å². The van der Waals surface area contributed by atoms with Gasteiger partial charge < -0.3 is 24.1 Å². The molecule has 2 heterocycles. The van der Waals surface area contributed by atoms with Gasteiger partial charge in [0.15, 0.2) is 21.9 Å². The zero-order valence-corrected chi connectivity index (χ0v) is 18.6. The number of sulfone groups is 1. The summed E-state index contributed by atoms with van der Waals surface area (Å²) in [6, 6.07) is 16.1. The first-order valence-corrected chi connectivity index (χ1v) is 11.9. The molecule has 0 aromatic heterocycles. The Kier molecular flexibility index (Phi) is 6.22. The highest BCUT2D eigenvalue weighted by atomic mass is 32.2. The minimum atomic E-state index is -3.72. The fourth-order valence-corrected chi connectivity index (χ4v) is 5.31. The van der Waals surface area contributed by atoms with Gasteiger partial charge in [0.2, 0.25) is 0 Å². The maximum Gasteiger partial charge on any atom is 0.190 e. The van der Waals surface area contributed by atoms with Crippen molar-refractivity contribution in [3.63, 3.8) is 0 Å². The zero-order chi connectivity index (χ0) is 22.2. The summed E-state index contributed by atoms with van der Waals surface area (Å²) in [7, 11) is -3.72. The molecular formula is C23H28O7S. The van der Waals surface area contributed by atoms with Crippen LogP contribution in [0.15, 0.2) is 59.5 Å². The fraction of sp³-hybridized carbons (Fsp3) is 0.478. The van der Waals surface area contributed by atoms with Crippen LogP contribution in [0, 0.1) is 6.92 Å². The molecule has 2 aromatic carbocycles. The number of aryl methyl sites for hydroxylation is 1. The highest BCUT2D eigenvalue weighted by Gasteiger charge is 2.57. The molecule has 5 atom stereocenters. The van der Waals surface area contributed by atoms with Crippen LogP contribution in [0.1, 0.15) is 25.0 Å². The number of aliphatic hydroxyl groups is 1. The lowest BCUT2D eigenvalue weighted by Crippen LogP contribution is -2.45. The molecule has 0 saturated carbocycles. The highest BCUT2D eigenvalue weighted by Crippen LogP contribution is 2.40. The van der Waals surface area contributed by atoms with Gasteiger partial charge in [-0.1, -0.05) is 48.0 Å². The maximum atomic E-state index is 12.8. The Morgan fingerprint density at radius 2 is 1.74 bits per heavy atom. The number of hydrogen-bond donors (Lipinski definition) is 1. The topological polar surface area (TPSA) is 91.3 Å². The predicted octanol–water partition coefficient (Wildman–Crippen LogP) is 2.59. The smallest absolute Gasteiger partial charge is 0.190 e.